The number of hydrogen-bond donors (Lipinski definition) is 0. The van der Waals surface area contributed by atoms with E-state index in [9.17, 15) is 9.18 Å². The van der Waals surface area contributed by atoms with Gasteiger partial charge in [-0.1, -0.05) is 0 Å². The molecule has 12 heavy (non-hydrogen) atoms. The fourth-order valence-corrected chi connectivity index (χ4v) is 0.953. The molecule has 0 bridgehead atoms. The van der Waals surface area contributed by atoms with Gasteiger partial charge in [0.25, 0.3) is 0 Å². The molecule has 1 aromatic heterocycles. The third-order valence-corrected chi connectivity index (χ3v) is 1.68. The average molecular weight is 173 g/mol. The molecular weight excluding hydrogens is 161 g/mol. The summed E-state index contributed by atoms with van der Waals surface area (Å²) in [4.78, 5) is 11.2. The summed E-state index contributed by atoms with van der Waals surface area (Å²) in [5, 5.41) is 3.88. The summed E-state index contributed by atoms with van der Waals surface area (Å²) < 4.78 is 15.0. The Morgan fingerprint density at radius 3 is 2.58 bits per heavy atom. The Bertz CT molecular complexity index is 326. The molecule has 1 heterocycles. The monoisotopic (exact) mass is 173 g/mol. The fourth-order valence-electron chi connectivity index (χ4n) is 0.953. The Labute approximate surface area is 69.6 Å². The molecule has 0 saturated heterocycles. The molecule has 0 spiro atoms. The quantitative estimate of drug-likeness (QED) is 0.643. The van der Waals surface area contributed by atoms with Gasteiger partial charge in [-0.05, 0) is 13.8 Å². The van der Waals surface area contributed by atoms with Crippen LogP contribution in [0.2, 0.25) is 0 Å². The number of rotatable bonds is 2. The Balaban J connectivity index is 3.02. The third-order valence-electron chi connectivity index (χ3n) is 1.68. The first kappa shape index (κ1) is 8.96. The second-order valence-corrected chi connectivity index (χ2v) is 2.85. The van der Waals surface area contributed by atoms with E-state index in [1.807, 2.05) is 0 Å². The van der Waals surface area contributed by atoms with Gasteiger partial charge >= 0.3 is 5.69 Å². The average Bonchev–Trinajstić information content (AvgIpc) is 2.17. The third kappa shape index (κ3) is 1.54. The summed E-state index contributed by atoms with van der Waals surface area (Å²) in [5.41, 5.74) is -0.267. The van der Waals surface area contributed by atoms with Crippen LogP contribution in [0.15, 0.2) is 4.79 Å². The van der Waals surface area contributed by atoms with E-state index in [-0.39, 0.29) is 12.2 Å². The molecule has 0 saturated carbocycles. The van der Waals surface area contributed by atoms with Crippen molar-refractivity contribution in [2.45, 2.75) is 26.6 Å². The largest absolute Gasteiger partial charge is 0.345 e. The second-order valence-electron chi connectivity index (χ2n) is 2.85. The van der Waals surface area contributed by atoms with E-state index in [1.165, 1.54) is 11.5 Å². The summed E-state index contributed by atoms with van der Waals surface area (Å²) in [5.74, 6) is 0.598. The van der Waals surface area contributed by atoms with Crippen LogP contribution >= 0.6 is 0 Å². The maximum atomic E-state index is 12.5. The van der Waals surface area contributed by atoms with E-state index < -0.39 is 6.17 Å². The van der Waals surface area contributed by atoms with Gasteiger partial charge in [0.15, 0.2) is 0 Å². The first-order valence-corrected chi connectivity index (χ1v) is 3.77. The molecule has 0 radical (unpaired) electrons. The molecule has 0 fully saturated rings. The van der Waals surface area contributed by atoms with Crippen LogP contribution in [-0.4, -0.2) is 20.5 Å². The molecular formula is C7H12FN3O. The molecule has 0 aliphatic rings. The minimum atomic E-state index is -1.04. The molecule has 68 valence electrons. The van der Waals surface area contributed by atoms with Gasteiger partial charge in [-0.15, -0.1) is 0 Å². The van der Waals surface area contributed by atoms with Gasteiger partial charge in [0.05, 0.1) is 6.54 Å². The van der Waals surface area contributed by atoms with Crippen LogP contribution in [0.1, 0.15) is 12.7 Å². The summed E-state index contributed by atoms with van der Waals surface area (Å²) in [6.45, 7) is 3.14. The van der Waals surface area contributed by atoms with E-state index in [0.717, 1.165) is 4.68 Å². The van der Waals surface area contributed by atoms with Crippen LogP contribution in [0.4, 0.5) is 4.39 Å². The molecule has 1 aromatic rings. The van der Waals surface area contributed by atoms with Crippen molar-refractivity contribution in [1.29, 1.82) is 0 Å². The van der Waals surface area contributed by atoms with E-state index in [1.54, 1.807) is 14.0 Å². The van der Waals surface area contributed by atoms with Crippen LogP contribution in [-0.2, 0) is 13.6 Å². The zero-order valence-corrected chi connectivity index (χ0v) is 7.41. The number of nitrogens with zero attached hydrogens (tertiary/aromatic N) is 3. The first-order chi connectivity index (χ1) is 5.52. The minimum absolute atomic E-state index is 0.0283. The van der Waals surface area contributed by atoms with Crippen molar-refractivity contribution in [3.05, 3.63) is 16.3 Å². The minimum Gasteiger partial charge on any atom is -0.282 e. The lowest BCUT2D eigenvalue weighted by atomic mass is 10.4. The highest BCUT2D eigenvalue weighted by Crippen LogP contribution is 1.92. The summed E-state index contributed by atoms with van der Waals surface area (Å²) >= 11 is 0. The van der Waals surface area contributed by atoms with Crippen molar-refractivity contribution in [2.24, 2.45) is 7.05 Å². The van der Waals surface area contributed by atoms with E-state index in [2.05, 4.69) is 5.10 Å². The Morgan fingerprint density at radius 1 is 1.67 bits per heavy atom. The number of hydrogen-bond acceptors (Lipinski definition) is 2. The number of halogens is 1. The van der Waals surface area contributed by atoms with Gasteiger partial charge in [-0.3, -0.25) is 4.57 Å². The van der Waals surface area contributed by atoms with Crippen LogP contribution in [0.3, 0.4) is 0 Å². The molecule has 0 N–H and O–H groups in total. The van der Waals surface area contributed by atoms with Crippen LogP contribution < -0.4 is 5.69 Å². The molecule has 1 atom stereocenters. The van der Waals surface area contributed by atoms with Crippen molar-refractivity contribution in [3.63, 3.8) is 0 Å². The zero-order chi connectivity index (χ0) is 9.30. The van der Waals surface area contributed by atoms with Crippen LogP contribution in [0.5, 0.6) is 0 Å². The topological polar surface area (TPSA) is 39.8 Å². The van der Waals surface area contributed by atoms with Crippen molar-refractivity contribution >= 4 is 0 Å². The Hall–Kier alpha value is -1.13. The predicted molar refractivity (Wildman–Crippen MR) is 42.8 cm³/mol. The number of aryl methyl sites for hydroxylation is 1. The van der Waals surface area contributed by atoms with E-state index in [0.29, 0.717) is 5.82 Å². The van der Waals surface area contributed by atoms with Crippen molar-refractivity contribution in [1.82, 2.24) is 14.3 Å². The lowest BCUT2D eigenvalue weighted by molar-refractivity contribution is 0.304. The Morgan fingerprint density at radius 2 is 2.25 bits per heavy atom. The fraction of sp³-hybridized carbons (Fsp3) is 0.714. The van der Waals surface area contributed by atoms with Gasteiger partial charge in [0, 0.05) is 7.05 Å². The second kappa shape index (κ2) is 3.08. The molecule has 5 heteroatoms. The van der Waals surface area contributed by atoms with Gasteiger partial charge in [-0.25, -0.2) is 13.9 Å². The molecule has 4 nitrogen and oxygen atoms in total. The lowest BCUT2D eigenvalue weighted by Gasteiger charge is -1.98. The van der Waals surface area contributed by atoms with Gasteiger partial charge in [0.2, 0.25) is 0 Å². The SMILES string of the molecule is Cc1nn(C[C@H](C)F)c(=O)n1C. The molecule has 0 aromatic carbocycles. The van der Waals surface area contributed by atoms with Gasteiger partial charge in [0.1, 0.15) is 12.0 Å². The van der Waals surface area contributed by atoms with Gasteiger partial charge in [-0.2, -0.15) is 5.10 Å². The standard InChI is InChI=1S/C7H12FN3O/c1-5(8)4-11-7(12)10(3)6(2)9-11/h5H,4H2,1-3H3/t5-/m0/s1. The molecule has 0 amide bonds. The molecule has 0 unspecified atom stereocenters. The molecule has 0 aliphatic carbocycles. The van der Waals surface area contributed by atoms with Gasteiger partial charge < -0.3 is 0 Å². The summed E-state index contributed by atoms with van der Waals surface area (Å²) in [6, 6.07) is 0. The van der Waals surface area contributed by atoms with Crippen LogP contribution in [0, 0.1) is 6.92 Å². The van der Waals surface area contributed by atoms with E-state index >= 15 is 0 Å². The van der Waals surface area contributed by atoms with Crippen LogP contribution in [0.25, 0.3) is 0 Å². The van der Waals surface area contributed by atoms with Crippen molar-refractivity contribution < 1.29 is 4.39 Å². The smallest absolute Gasteiger partial charge is 0.282 e. The number of alkyl halides is 1. The van der Waals surface area contributed by atoms with Crippen molar-refractivity contribution in [2.75, 3.05) is 0 Å². The highest BCUT2D eigenvalue weighted by Gasteiger charge is 2.08. The predicted octanol–water partition coefficient (Wildman–Crippen LogP) is 0.248. The molecule has 0 aliphatic heterocycles. The summed E-state index contributed by atoms with van der Waals surface area (Å²) in [6.07, 6.45) is -1.04. The number of aromatic nitrogens is 3. The Kier molecular flexibility index (Phi) is 2.30. The first-order valence-electron chi connectivity index (χ1n) is 3.77. The maximum absolute atomic E-state index is 12.5. The maximum Gasteiger partial charge on any atom is 0.345 e. The van der Waals surface area contributed by atoms with Crippen molar-refractivity contribution in [3.8, 4) is 0 Å². The summed E-state index contributed by atoms with van der Waals surface area (Å²) in [7, 11) is 1.62. The highest BCUT2D eigenvalue weighted by atomic mass is 19.1. The van der Waals surface area contributed by atoms with E-state index in [4.69, 9.17) is 0 Å². The normalized spacial score (nSPS) is 13.3. The highest BCUT2D eigenvalue weighted by molar-refractivity contribution is 4.81. The molecule has 1 rings (SSSR count). The zero-order valence-electron chi connectivity index (χ0n) is 7.41. The lowest BCUT2D eigenvalue weighted by Crippen LogP contribution is -2.26.